The average Bonchev–Trinajstić information content (AvgIpc) is 2.67. The van der Waals surface area contributed by atoms with E-state index in [1.54, 1.807) is 0 Å². The summed E-state index contributed by atoms with van der Waals surface area (Å²) in [6.45, 7) is 8.77. The van der Waals surface area contributed by atoms with Gasteiger partial charge in [-0.15, -0.1) is 24.0 Å². The lowest BCUT2D eigenvalue weighted by molar-refractivity contribution is -0.122. The van der Waals surface area contributed by atoms with Crippen LogP contribution in [0.4, 0.5) is 0 Å². The van der Waals surface area contributed by atoms with Crippen molar-refractivity contribution < 1.29 is 4.79 Å². The van der Waals surface area contributed by atoms with Gasteiger partial charge in [0.1, 0.15) is 0 Å². The molecule has 1 amide bonds. The lowest BCUT2D eigenvalue weighted by Gasteiger charge is -2.32. The second kappa shape index (κ2) is 14.2. The normalized spacial score (nSPS) is 15.6. The Hall–Kier alpha value is -0.870. The van der Waals surface area contributed by atoms with Crippen molar-refractivity contribution in [2.75, 3.05) is 32.7 Å². The Bertz CT molecular complexity index is 603. The van der Waals surface area contributed by atoms with E-state index in [0.29, 0.717) is 19.1 Å². The van der Waals surface area contributed by atoms with Gasteiger partial charge in [-0.25, -0.2) is 4.99 Å². The summed E-state index contributed by atoms with van der Waals surface area (Å²) in [4.78, 5) is 18.8. The average molecular weight is 566 g/mol. The number of carbonyl (C=O) groups is 1. The first kappa shape index (κ1) is 25.2. The maximum atomic E-state index is 11.9. The van der Waals surface area contributed by atoms with Gasteiger partial charge < -0.3 is 16.0 Å². The van der Waals surface area contributed by atoms with Crippen molar-refractivity contribution in [1.82, 2.24) is 20.9 Å². The number of guanidine groups is 1. The summed E-state index contributed by atoms with van der Waals surface area (Å²) in [5.74, 6) is 0.993. The first-order chi connectivity index (χ1) is 13.1. The molecule has 28 heavy (non-hydrogen) atoms. The number of carbonyl (C=O) groups excluding carboxylic acids is 1. The fourth-order valence-electron chi connectivity index (χ4n) is 3.03. The summed E-state index contributed by atoms with van der Waals surface area (Å²) in [6.07, 6.45) is 3.01. The van der Waals surface area contributed by atoms with E-state index < -0.39 is 0 Å². The zero-order valence-electron chi connectivity index (χ0n) is 16.8. The van der Waals surface area contributed by atoms with Gasteiger partial charge in [0.25, 0.3) is 0 Å². The molecule has 1 aliphatic heterocycles. The zero-order chi connectivity index (χ0) is 19.5. The molecule has 0 bridgehead atoms. The maximum absolute atomic E-state index is 11.9. The molecule has 1 aromatic carbocycles. The highest BCUT2D eigenvalue weighted by Crippen LogP contribution is 2.12. The third kappa shape index (κ3) is 9.56. The van der Waals surface area contributed by atoms with Gasteiger partial charge in [0.05, 0.1) is 13.1 Å². The second-order valence-corrected chi connectivity index (χ2v) is 7.78. The quantitative estimate of drug-likeness (QED) is 0.257. The molecule has 6 nitrogen and oxygen atoms in total. The minimum atomic E-state index is 0. The lowest BCUT2D eigenvalue weighted by atomic mass is 10.1. The van der Waals surface area contributed by atoms with Gasteiger partial charge in [-0.1, -0.05) is 35.0 Å². The monoisotopic (exact) mass is 565 g/mol. The lowest BCUT2D eigenvalue weighted by Crippen LogP contribution is -2.50. The van der Waals surface area contributed by atoms with Crippen LogP contribution in [0.15, 0.2) is 33.7 Å². The molecule has 1 aliphatic rings. The fourth-order valence-corrected chi connectivity index (χ4v) is 3.30. The van der Waals surface area contributed by atoms with Gasteiger partial charge in [-0.2, -0.15) is 0 Å². The van der Waals surface area contributed by atoms with E-state index in [1.807, 2.05) is 12.1 Å². The van der Waals surface area contributed by atoms with E-state index in [2.05, 4.69) is 62.8 Å². The van der Waals surface area contributed by atoms with E-state index in [1.165, 1.54) is 5.56 Å². The summed E-state index contributed by atoms with van der Waals surface area (Å²) in [5.41, 5.74) is 1.18. The van der Waals surface area contributed by atoms with Crippen LogP contribution in [0.5, 0.6) is 0 Å². The van der Waals surface area contributed by atoms with Crippen LogP contribution >= 0.6 is 39.9 Å². The van der Waals surface area contributed by atoms with Crippen LogP contribution in [-0.2, 0) is 11.3 Å². The number of hydrogen-bond acceptors (Lipinski definition) is 3. The third-order valence-corrected chi connectivity index (χ3v) is 5.07. The van der Waals surface area contributed by atoms with E-state index in [4.69, 9.17) is 4.99 Å². The van der Waals surface area contributed by atoms with E-state index in [-0.39, 0.29) is 29.9 Å². The molecule has 0 aliphatic carbocycles. The summed E-state index contributed by atoms with van der Waals surface area (Å²) < 4.78 is 1.08. The highest BCUT2D eigenvalue weighted by molar-refractivity contribution is 14.0. The van der Waals surface area contributed by atoms with Crippen LogP contribution in [0.3, 0.4) is 0 Å². The molecule has 1 fully saturated rings. The van der Waals surface area contributed by atoms with Crippen molar-refractivity contribution in [2.45, 2.75) is 45.7 Å². The third-order valence-electron chi connectivity index (χ3n) is 4.55. The standard InChI is InChI=1S/C20H32BrN5O.HI/c1-3-11-23-19(27)15-26-12-9-18(10-13-26)25-20(22-4-2)24-14-16-5-7-17(21)8-6-16;/h5-8,18H,3-4,9-15H2,1-2H3,(H,23,27)(H2,22,24,25);1H. The topological polar surface area (TPSA) is 68.8 Å². The molecule has 1 aromatic rings. The molecule has 0 atom stereocenters. The van der Waals surface area contributed by atoms with Crippen LogP contribution < -0.4 is 16.0 Å². The first-order valence-electron chi connectivity index (χ1n) is 9.89. The van der Waals surface area contributed by atoms with Gasteiger partial charge in [0.15, 0.2) is 5.96 Å². The van der Waals surface area contributed by atoms with Gasteiger partial charge in [0, 0.05) is 36.7 Å². The summed E-state index contributed by atoms with van der Waals surface area (Å²) in [6, 6.07) is 8.64. The van der Waals surface area contributed by atoms with E-state index >= 15 is 0 Å². The van der Waals surface area contributed by atoms with E-state index in [0.717, 1.165) is 55.9 Å². The van der Waals surface area contributed by atoms with Crippen LogP contribution in [0.2, 0.25) is 0 Å². The van der Waals surface area contributed by atoms with Crippen LogP contribution in [0.25, 0.3) is 0 Å². The van der Waals surface area contributed by atoms with Crippen LogP contribution in [0.1, 0.15) is 38.7 Å². The van der Waals surface area contributed by atoms with Crippen molar-refractivity contribution in [3.63, 3.8) is 0 Å². The largest absolute Gasteiger partial charge is 0.357 e. The van der Waals surface area contributed by atoms with Gasteiger partial charge in [0.2, 0.25) is 5.91 Å². The highest BCUT2D eigenvalue weighted by Gasteiger charge is 2.21. The molecular weight excluding hydrogens is 533 g/mol. The molecule has 0 unspecified atom stereocenters. The predicted octanol–water partition coefficient (Wildman–Crippen LogP) is 3.11. The Morgan fingerprint density at radius 3 is 2.46 bits per heavy atom. The molecule has 158 valence electrons. The number of benzene rings is 1. The predicted molar refractivity (Wildman–Crippen MR) is 130 cm³/mol. The Labute approximate surface area is 194 Å². The van der Waals surface area contributed by atoms with Gasteiger partial charge in [-0.05, 0) is 43.9 Å². The molecule has 1 saturated heterocycles. The first-order valence-corrected chi connectivity index (χ1v) is 10.7. The zero-order valence-corrected chi connectivity index (χ0v) is 20.8. The van der Waals surface area contributed by atoms with Gasteiger partial charge >= 0.3 is 0 Å². The smallest absolute Gasteiger partial charge is 0.234 e. The number of likely N-dealkylation sites (tertiary alicyclic amines) is 1. The van der Waals surface area contributed by atoms with E-state index in [9.17, 15) is 4.79 Å². The molecule has 0 radical (unpaired) electrons. The number of piperidine rings is 1. The number of nitrogens with zero attached hydrogens (tertiary/aromatic N) is 2. The number of amides is 1. The van der Waals surface area contributed by atoms with Crippen molar-refractivity contribution in [1.29, 1.82) is 0 Å². The van der Waals surface area contributed by atoms with Crippen molar-refractivity contribution in [3.05, 3.63) is 34.3 Å². The van der Waals surface area contributed by atoms with Crippen molar-refractivity contribution in [3.8, 4) is 0 Å². The Morgan fingerprint density at radius 2 is 1.86 bits per heavy atom. The number of aliphatic imine (C=N–C) groups is 1. The summed E-state index contributed by atoms with van der Waals surface area (Å²) in [7, 11) is 0. The molecule has 0 spiro atoms. The molecule has 0 aromatic heterocycles. The Morgan fingerprint density at radius 1 is 1.18 bits per heavy atom. The number of nitrogens with one attached hydrogen (secondary N) is 3. The van der Waals surface area contributed by atoms with Crippen molar-refractivity contribution >= 4 is 51.8 Å². The van der Waals surface area contributed by atoms with Crippen LogP contribution in [0, 0.1) is 0 Å². The molecule has 1 heterocycles. The summed E-state index contributed by atoms with van der Waals surface area (Å²) >= 11 is 3.46. The number of rotatable bonds is 8. The molecular formula is C20H33BrIN5O. The Kier molecular flexibility index (Phi) is 12.7. The SMILES string of the molecule is CCCNC(=O)CN1CCC(NC(=NCc2ccc(Br)cc2)NCC)CC1.I. The van der Waals surface area contributed by atoms with Crippen molar-refractivity contribution in [2.24, 2.45) is 4.99 Å². The van der Waals surface area contributed by atoms with Crippen LogP contribution in [-0.4, -0.2) is 55.5 Å². The molecule has 3 N–H and O–H groups in total. The van der Waals surface area contributed by atoms with Gasteiger partial charge in [-0.3, -0.25) is 9.69 Å². The number of hydrogen-bond donors (Lipinski definition) is 3. The molecule has 2 rings (SSSR count). The highest BCUT2D eigenvalue weighted by atomic mass is 127. The molecule has 0 saturated carbocycles. The summed E-state index contributed by atoms with van der Waals surface area (Å²) in [5, 5.41) is 9.83. The maximum Gasteiger partial charge on any atom is 0.234 e. The fraction of sp³-hybridized carbons (Fsp3) is 0.600. The minimum absolute atomic E-state index is 0. The number of halogens is 2. The molecule has 8 heteroatoms. The Balaban J connectivity index is 0.00000392. The minimum Gasteiger partial charge on any atom is -0.357 e. The second-order valence-electron chi connectivity index (χ2n) is 6.87.